The summed E-state index contributed by atoms with van der Waals surface area (Å²) in [7, 11) is 3.84. The molecule has 0 aliphatic carbocycles. The first kappa shape index (κ1) is 19.2. The summed E-state index contributed by atoms with van der Waals surface area (Å²) in [6.07, 6.45) is 8.54. The molecule has 7 heteroatoms. The van der Waals surface area contributed by atoms with Crippen LogP contribution in [0, 0.1) is 5.92 Å². The van der Waals surface area contributed by atoms with Crippen LogP contribution in [0.15, 0.2) is 17.4 Å². The third-order valence-corrected chi connectivity index (χ3v) is 5.34. The molecule has 2 saturated heterocycles. The monoisotopic (exact) mass is 363 g/mol. The van der Waals surface area contributed by atoms with E-state index in [9.17, 15) is 0 Å². The number of aryl methyl sites for hydroxylation is 1. The lowest BCUT2D eigenvalue weighted by atomic mass is 10.0. The number of hydrogen-bond donors (Lipinski definition) is 1. The van der Waals surface area contributed by atoms with E-state index in [1.807, 2.05) is 25.0 Å². The van der Waals surface area contributed by atoms with Gasteiger partial charge in [-0.05, 0) is 37.2 Å². The molecule has 26 heavy (non-hydrogen) atoms. The fourth-order valence-corrected chi connectivity index (χ4v) is 3.75. The Morgan fingerprint density at radius 3 is 2.96 bits per heavy atom. The fourth-order valence-electron chi connectivity index (χ4n) is 3.75. The maximum absolute atomic E-state index is 5.83. The van der Waals surface area contributed by atoms with E-state index in [1.165, 1.54) is 5.56 Å². The van der Waals surface area contributed by atoms with Gasteiger partial charge in [0.25, 0.3) is 0 Å². The van der Waals surface area contributed by atoms with Gasteiger partial charge in [-0.3, -0.25) is 9.67 Å². The minimum absolute atomic E-state index is 0.546. The number of aromatic nitrogens is 2. The predicted molar refractivity (Wildman–Crippen MR) is 102 cm³/mol. The highest BCUT2D eigenvalue weighted by atomic mass is 16.5. The second-order valence-corrected chi connectivity index (χ2v) is 7.34. The number of guanidine groups is 1. The SMILES string of the molecule is CN=C(NCCCOCC1CCOCC1)N1CCC(c2cnn(C)c2)C1. The standard InChI is InChI=1S/C19H33N5O2/c1-20-19(21-7-3-9-26-15-16-5-10-25-11-6-16)24-8-4-17(14-24)18-12-22-23(2)13-18/h12-13,16-17H,3-11,14-15H2,1-2H3,(H,20,21). The van der Waals surface area contributed by atoms with Crippen molar-refractivity contribution in [2.45, 2.75) is 31.6 Å². The Kier molecular flexibility index (Phi) is 7.32. The molecule has 146 valence electrons. The Morgan fingerprint density at radius 1 is 1.38 bits per heavy atom. The van der Waals surface area contributed by atoms with Gasteiger partial charge in [-0.2, -0.15) is 5.10 Å². The Hall–Kier alpha value is -1.60. The maximum atomic E-state index is 5.83. The molecule has 3 heterocycles. The molecule has 1 aromatic rings. The first-order valence-electron chi connectivity index (χ1n) is 9.86. The van der Waals surface area contributed by atoms with Gasteiger partial charge in [0.15, 0.2) is 5.96 Å². The number of nitrogens with zero attached hydrogens (tertiary/aromatic N) is 4. The van der Waals surface area contributed by atoms with Gasteiger partial charge >= 0.3 is 0 Å². The molecule has 0 spiro atoms. The molecule has 2 fully saturated rings. The van der Waals surface area contributed by atoms with Crippen LogP contribution in [0.2, 0.25) is 0 Å². The Balaban J connectivity index is 1.31. The second-order valence-electron chi connectivity index (χ2n) is 7.34. The van der Waals surface area contributed by atoms with Gasteiger partial charge in [0.05, 0.1) is 6.20 Å². The summed E-state index contributed by atoms with van der Waals surface area (Å²) < 4.78 is 13.1. The van der Waals surface area contributed by atoms with Crippen LogP contribution in [0.25, 0.3) is 0 Å². The number of nitrogens with one attached hydrogen (secondary N) is 1. The minimum Gasteiger partial charge on any atom is -0.381 e. The van der Waals surface area contributed by atoms with Crippen LogP contribution in [-0.2, 0) is 16.5 Å². The van der Waals surface area contributed by atoms with E-state index in [-0.39, 0.29) is 0 Å². The highest BCUT2D eigenvalue weighted by Gasteiger charge is 2.26. The predicted octanol–water partition coefficient (Wildman–Crippen LogP) is 1.62. The number of ether oxygens (including phenoxy) is 2. The van der Waals surface area contributed by atoms with Crippen LogP contribution in [0.1, 0.15) is 37.2 Å². The van der Waals surface area contributed by atoms with Crippen molar-refractivity contribution in [1.82, 2.24) is 20.0 Å². The molecule has 0 saturated carbocycles. The third-order valence-electron chi connectivity index (χ3n) is 5.34. The van der Waals surface area contributed by atoms with Gasteiger partial charge < -0.3 is 19.7 Å². The molecule has 1 atom stereocenters. The van der Waals surface area contributed by atoms with Crippen LogP contribution in [0.4, 0.5) is 0 Å². The van der Waals surface area contributed by atoms with Gasteiger partial charge in [-0.1, -0.05) is 0 Å². The smallest absolute Gasteiger partial charge is 0.193 e. The first-order valence-corrected chi connectivity index (χ1v) is 9.86. The van der Waals surface area contributed by atoms with E-state index < -0.39 is 0 Å². The van der Waals surface area contributed by atoms with Gasteiger partial charge in [0, 0.05) is 72.3 Å². The molecular formula is C19H33N5O2. The fraction of sp³-hybridized carbons (Fsp3) is 0.789. The molecule has 7 nitrogen and oxygen atoms in total. The number of hydrogen-bond acceptors (Lipinski definition) is 4. The lowest BCUT2D eigenvalue weighted by Gasteiger charge is -2.22. The van der Waals surface area contributed by atoms with Crippen molar-refractivity contribution in [2.24, 2.45) is 18.0 Å². The summed E-state index contributed by atoms with van der Waals surface area (Å²) in [6.45, 7) is 6.40. The van der Waals surface area contributed by atoms with Crippen molar-refractivity contribution in [2.75, 3.05) is 53.1 Å². The molecule has 2 aliphatic heterocycles. The maximum Gasteiger partial charge on any atom is 0.193 e. The largest absolute Gasteiger partial charge is 0.381 e. The Morgan fingerprint density at radius 2 is 2.23 bits per heavy atom. The molecular weight excluding hydrogens is 330 g/mol. The summed E-state index contributed by atoms with van der Waals surface area (Å²) >= 11 is 0. The van der Waals surface area contributed by atoms with Gasteiger partial charge in [0.1, 0.15) is 0 Å². The average molecular weight is 364 g/mol. The van der Waals surface area contributed by atoms with Crippen LogP contribution >= 0.6 is 0 Å². The zero-order valence-electron chi connectivity index (χ0n) is 16.2. The van der Waals surface area contributed by atoms with Crippen LogP contribution in [-0.4, -0.2) is 73.7 Å². The zero-order chi connectivity index (χ0) is 18.2. The summed E-state index contributed by atoms with van der Waals surface area (Å²) in [5.41, 5.74) is 1.33. The van der Waals surface area contributed by atoms with E-state index in [0.717, 1.165) is 77.7 Å². The zero-order valence-corrected chi connectivity index (χ0v) is 16.2. The molecule has 1 N–H and O–H groups in total. The molecule has 3 rings (SSSR count). The first-order chi connectivity index (χ1) is 12.8. The number of aliphatic imine (C=N–C) groups is 1. The highest BCUT2D eigenvalue weighted by Crippen LogP contribution is 2.26. The van der Waals surface area contributed by atoms with Crippen molar-refractivity contribution in [3.63, 3.8) is 0 Å². The van der Waals surface area contributed by atoms with Crippen molar-refractivity contribution >= 4 is 5.96 Å². The van der Waals surface area contributed by atoms with E-state index in [0.29, 0.717) is 11.8 Å². The summed E-state index contributed by atoms with van der Waals surface area (Å²) in [5.74, 6) is 2.23. The van der Waals surface area contributed by atoms with Gasteiger partial charge in [0.2, 0.25) is 0 Å². The summed E-state index contributed by atoms with van der Waals surface area (Å²) in [4.78, 5) is 6.80. The number of rotatable bonds is 7. The van der Waals surface area contributed by atoms with Crippen molar-refractivity contribution in [1.29, 1.82) is 0 Å². The van der Waals surface area contributed by atoms with Crippen LogP contribution in [0.3, 0.4) is 0 Å². The molecule has 0 aromatic carbocycles. The molecule has 2 aliphatic rings. The topological polar surface area (TPSA) is 63.9 Å². The van der Waals surface area contributed by atoms with Crippen molar-refractivity contribution < 1.29 is 9.47 Å². The van der Waals surface area contributed by atoms with Crippen LogP contribution in [0.5, 0.6) is 0 Å². The molecule has 0 amide bonds. The molecule has 1 unspecified atom stereocenters. The van der Waals surface area contributed by atoms with Crippen molar-refractivity contribution in [3.8, 4) is 0 Å². The highest BCUT2D eigenvalue weighted by molar-refractivity contribution is 5.80. The normalized spacial score (nSPS) is 22.2. The minimum atomic E-state index is 0.546. The van der Waals surface area contributed by atoms with Crippen molar-refractivity contribution in [3.05, 3.63) is 18.0 Å². The third kappa shape index (κ3) is 5.45. The second kappa shape index (κ2) is 9.92. The summed E-state index contributed by atoms with van der Waals surface area (Å²) in [6, 6.07) is 0. The summed E-state index contributed by atoms with van der Waals surface area (Å²) in [5, 5.41) is 7.78. The van der Waals surface area contributed by atoms with Gasteiger partial charge in [-0.15, -0.1) is 0 Å². The number of likely N-dealkylation sites (tertiary alicyclic amines) is 1. The van der Waals surface area contributed by atoms with E-state index in [1.54, 1.807) is 0 Å². The Labute approximate surface area is 156 Å². The lowest BCUT2D eigenvalue weighted by molar-refractivity contribution is 0.0203. The van der Waals surface area contributed by atoms with E-state index >= 15 is 0 Å². The Bertz CT molecular complexity index is 568. The quantitative estimate of drug-likeness (QED) is 0.453. The average Bonchev–Trinajstić information content (AvgIpc) is 3.31. The molecule has 1 aromatic heterocycles. The van der Waals surface area contributed by atoms with E-state index in [4.69, 9.17) is 9.47 Å². The lowest BCUT2D eigenvalue weighted by Crippen LogP contribution is -2.40. The molecule has 0 radical (unpaired) electrons. The van der Waals surface area contributed by atoms with Gasteiger partial charge in [-0.25, -0.2) is 0 Å². The van der Waals surface area contributed by atoms with Crippen LogP contribution < -0.4 is 5.32 Å². The van der Waals surface area contributed by atoms with E-state index in [2.05, 4.69) is 26.5 Å². The molecule has 0 bridgehead atoms.